The smallest absolute Gasteiger partial charge is 0.247 e. The highest BCUT2D eigenvalue weighted by Crippen LogP contribution is 2.35. The number of nitrogens with zero attached hydrogens (tertiary/aromatic N) is 2. The van der Waals surface area contributed by atoms with Crippen LogP contribution in [0.1, 0.15) is 32.3 Å². The van der Waals surface area contributed by atoms with E-state index in [1.165, 1.54) is 22.2 Å². The lowest BCUT2D eigenvalue weighted by Crippen LogP contribution is -2.44. The van der Waals surface area contributed by atoms with Gasteiger partial charge in [-0.3, -0.25) is 14.5 Å². The van der Waals surface area contributed by atoms with Crippen molar-refractivity contribution in [3.8, 4) is 5.75 Å². The molecule has 2 heterocycles. The van der Waals surface area contributed by atoms with Crippen LogP contribution in [-0.4, -0.2) is 50.3 Å². The van der Waals surface area contributed by atoms with Crippen molar-refractivity contribution in [3.63, 3.8) is 0 Å². The van der Waals surface area contributed by atoms with E-state index >= 15 is 0 Å². The maximum Gasteiger partial charge on any atom is 0.247 e. The molecule has 1 unspecified atom stereocenters. The van der Waals surface area contributed by atoms with E-state index in [9.17, 15) is 18.0 Å². The molecule has 1 saturated heterocycles. The third-order valence-corrected chi connectivity index (χ3v) is 7.71. The summed E-state index contributed by atoms with van der Waals surface area (Å²) in [4.78, 5) is 27.1. The summed E-state index contributed by atoms with van der Waals surface area (Å²) in [5, 5.41) is 2.85. The van der Waals surface area contributed by atoms with Gasteiger partial charge < -0.3 is 10.1 Å². The zero-order valence-electron chi connectivity index (χ0n) is 18.2. The Bertz CT molecular complexity index is 1120. The van der Waals surface area contributed by atoms with Crippen molar-refractivity contribution < 1.29 is 22.7 Å². The molecule has 170 valence electrons. The Labute approximate surface area is 188 Å². The number of sulfonamides is 1. The summed E-state index contributed by atoms with van der Waals surface area (Å²) in [5.74, 6) is 0.103. The molecule has 2 amide bonds. The topological polar surface area (TPSA) is 96.0 Å². The van der Waals surface area contributed by atoms with Crippen molar-refractivity contribution >= 4 is 33.2 Å². The van der Waals surface area contributed by atoms with Crippen molar-refractivity contribution in [2.75, 3.05) is 29.9 Å². The van der Waals surface area contributed by atoms with Gasteiger partial charge in [-0.2, -0.15) is 4.31 Å². The zero-order chi connectivity index (χ0) is 22.9. The van der Waals surface area contributed by atoms with Gasteiger partial charge in [-0.05, 0) is 67.8 Å². The number of ether oxygens (including phenoxy) is 1. The van der Waals surface area contributed by atoms with Crippen LogP contribution in [0.25, 0.3) is 0 Å². The molecule has 0 aromatic heterocycles. The highest BCUT2D eigenvalue weighted by atomic mass is 32.2. The second-order valence-corrected chi connectivity index (χ2v) is 9.90. The normalized spacial score (nSPS) is 18.4. The van der Waals surface area contributed by atoms with Gasteiger partial charge in [0.1, 0.15) is 11.8 Å². The monoisotopic (exact) mass is 457 g/mol. The van der Waals surface area contributed by atoms with E-state index in [1.807, 2.05) is 6.92 Å². The highest BCUT2D eigenvalue weighted by molar-refractivity contribution is 7.89. The molecule has 2 aromatic rings. The van der Waals surface area contributed by atoms with Crippen LogP contribution in [0.3, 0.4) is 0 Å². The summed E-state index contributed by atoms with van der Waals surface area (Å²) in [6, 6.07) is 11.0. The molecule has 1 atom stereocenters. The molecule has 9 heteroatoms. The van der Waals surface area contributed by atoms with Crippen LogP contribution < -0.4 is 15.0 Å². The number of carbonyl (C=O) groups is 2. The number of rotatable bonds is 6. The molecule has 4 rings (SSSR count). The first-order chi connectivity index (χ1) is 15.3. The predicted molar refractivity (Wildman–Crippen MR) is 121 cm³/mol. The summed E-state index contributed by atoms with van der Waals surface area (Å²) >= 11 is 0. The van der Waals surface area contributed by atoms with Crippen LogP contribution >= 0.6 is 0 Å². The van der Waals surface area contributed by atoms with Gasteiger partial charge in [-0.25, -0.2) is 8.42 Å². The molecule has 0 spiro atoms. The van der Waals surface area contributed by atoms with Gasteiger partial charge in [0.05, 0.1) is 11.5 Å². The van der Waals surface area contributed by atoms with Crippen molar-refractivity contribution in [2.45, 2.75) is 44.0 Å². The van der Waals surface area contributed by atoms with Crippen molar-refractivity contribution in [1.29, 1.82) is 0 Å². The maximum atomic E-state index is 13.0. The molecule has 0 saturated carbocycles. The van der Waals surface area contributed by atoms with Gasteiger partial charge in [-0.1, -0.05) is 0 Å². The Morgan fingerprint density at radius 2 is 1.78 bits per heavy atom. The summed E-state index contributed by atoms with van der Waals surface area (Å²) in [6.07, 6.45) is 1.97. The van der Waals surface area contributed by atoms with Gasteiger partial charge in [-0.15, -0.1) is 0 Å². The molecule has 2 aliphatic heterocycles. The summed E-state index contributed by atoms with van der Waals surface area (Å²) in [5.41, 5.74) is 1.84. The Balaban J connectivity index is 1.56. The first-order valence-electron chi connectivity index (χ1n) is 10.8. The van der Waals surface area contributed by atoms with Crippen molar-refractivity contribution in [1.82, 2.24) is 4.31 Å². The number of fused-ring (bicyclic) bond motifs is 1. The Hall–Kier alpha value is -2.91. The van der Waals surface area contributed by atoms with E-state index < -0.39 is 16.1 Å². The number of nitrogens with one attached hydrogen (secondary N) is 1. The molecular formula is C23H27N3O5S. The van der Waals surface area contributed by atoms with Crippen LogP contribution in [0.15, 0.2) is 47.4 Å². The summed E-state index contributed by atoms with van der Waals surface area (Å²) in [7, 11) is -3.58. The van der Waals surface area contributed by atoms with Gasteiger partial charge >= 0.3 is 0 Å². The molecular weight excluding hydrogens is 430 g/mol. The quantitative estimate of drug-likeness (QED) is 0.720. The summed E-state index contributed by atoms with van der Waals surface area (Å²) < 4.78 is 32.8. The lowest BCUT2D eigenvalue weighted by Gasteiger charge is -2.23. The van der Waals surface area contributed by atoms with Gasteiger partial charge in [0.15, 0.2) is 0 Å². The van der Waals surface area contributed by atoms with Gasteiger partial charge in [0.2, 0.25) is 21.8 Å². The van der Waals surface area contributed by atoms with Crippen LogP contribution in [0.4, 0.5) is 11.4 Å². The number of hydrogen-bond acceptors (Lipinski definition) is 5. The van der Waals surface area contributed by atoms with E-state index in [1.54, 1.807) is 36.4 Å². The minimum absolute atomic E-state index is 0.203. The number of hydrogen-bond donors (Lipinski definition) is 1. The highest BCUT2D eigenvalue weighted by Gasteiger charge is 2.38. The Morgan fingerprint density at radius 3 is 2.41 bits per heavy atom. The second kappa shape index (κ2) is 8.91. The fourth-order valence-corrected chi connectivity index (χ4v) is 5.86. The fraction of sp³-hybridized carbons (Fsp3) is 0.391. The van der Waals surface area contributed by atoms with Crippen LogP contribution in [-0.2, 0) is 26.0 Å². The lowest BCUT2D eigenvalue weighted by molar-refractivity contribution is -0.122. The molecule has 32 heavy (non-hydrogen) atoms. The van der Waals surface area contributed by atoms with E-state index in [2.05, 4.69) is 5.32 Å². The SMILES string of the molecule is CCOc1ccc(NC(=O)C2Cc3cc(S(=O)(=O)N4CCCC4)ccc3N2C(C)=O)cc1. The average Bonchev–Trinajstić information content (AvgIpc) is 3.43. The van der Waals surface area contributed by atoms with Gasteiger partial charge in [0.25, 0.3) is 0 Å². The van der Waals surface area contributed by atoms with Crippen LogP contribution in [0.2, 0.25) is 0 Å². The number of amides is 2. The van der Waals surface area contributed by atoms with E-state index in [-0.39, 0.29) is 23.1 Å². The minimum Gasteiger partial charge on any atom is -0.494 e. The standard InChI is InChI=1S/C23H27N3O5S/c1-3-31-19-8-6-18(7-9-19)24-23(28)22-15-17-14-20(10-11-21(17)26(22)16(2)27)32(29,30)25-12-4-5-13-25/h6-11,14,22H,3-5,12-13,15H2,1-2H3,(H,24,28). The average molecular weight is 458 g/mol. The van der Waals surface area contributed by atoms with E-state index in [0.717, 1.165) is 12.8 Å². The molecule has 0 radical (unpaired) electrons. The first kappa shape index (κ1) is 22.3. The van der Waals surface area contributed by atoms with Crippen LogP contribution in [0, 0.1) is 0 Å². The predicted octanol–water partition coefficient (Wildman–Crippen LogP) is 2.79. The molecule has 8 nitrogen and oxygen atoms in total. The summed E-state index contributed by atoms with van der Waals surface area (Å²) in [6.45, 7) is 4.89. The lowest BCUT2D eigenvalue weighted by atomic mass is 10.1. The molecule has 2 aromatic carbocycles. The Kier molecular flexibility index (Phi) is 6.21. The first-order valence-corrected chi connectivity index (χ1v) is 12.2. The fourth-order valence-electron chi connectivity index (χ4n) is 4.29. The van der Waals surface area contributed by atoms with Gasteiger partial charge in [0, 0.05) is 37.8 Å². The third-order valence-electron chi connectivity index (χ3n) is 5.81. The largest absolute Gasteiger partial charge is 0.494 e. The van der Waals surface area contributed by atoms with Crippen molar-refractivity contribution in [3.05, 3.63) is 48.0 Å². The maximum absolute atomic E-state index is 13.0. The minimum atomic E-state index is -3.58. The number of anilines is 2. The second-order valence-electron chi connectivity index (χ2n) is 7.96. The molecule has 1 N–H and O–H groups in total. The zero-order valence-corrected chi connectivity index (χ0v) is 19.0. The molecule has 1 fully saturated rings. The molecule has 0 aliphatic carbocycles. The molecule has 0 bridgehead atoms. The number of benzene rings is 2. The third kappa shape index (κ3) is 4.22. The van der Waals surface area contributed by atoms with E-state index in [4.69, 9.17) is 4.74 Å². The van der Waals surface area contributed by atoms with Crippen LogP contribution in [0.5, 0.6) is 5.75 Å². The van der Waals surface area contributed by atoms with E-state index in [0.29, 0.717) is 42.4 Å². The molecule has 2 aliphatic rings. The Morgan fingerprint density at radius 1 is 1.09 bits per heavy atom. The van der Waals surface area contributed by atoms with Crippen molar-refractivity contribution in [2.24, 2.45) is 0 Å². The number of carbonyl (C=O) groups excluding carboxylic acids is 2.